The topological polar surface area (TPSA) is 38.3 Å². The number of nitrogens with one attached hydrogen (secondary N) is 1. The molecule has 2 saturated carbocycles. The average Bonchev–Trinajstić information content (AvgIpc) is 3.02. The summed E-state index contributed by atoms with van der Waals surface area (Å²) in [6, 6.07) is 0.00361. The summed E-state index contributed by atoms with van der Waals surface area (Å²) < 4.78 is 5.52. The first kappa shape index (κ1) is 11.5. The van der Waals surface area contributed by atoms with Crippen LogP contribution in [0.2, 0.25) is 0 Å². The van der Waals surface area contributed by atoms with Gasteiger partial charge in [-0.05, 0) is 50.0 Å². The van der Waals surface area contributed by atoms with Crippen LogP contribution in [0.3, 0.4) is 0 Å². The molecule has 1 aliphatic heterocycles. The summed E-state index contributed by atoms with van der Waals surface area (Å²) in [7, 11) is 0. The van der Waals surface area contributed by atoms with E-state index in [1.165, 1.54) is 44.9 Å². The maximum Gasteiger partial charge on any atom is 0.323 e. The molecule has 17 heavy (non-hydrogen) atoms. The van der Waals surface area contributed by atoms with E-state index in [-0.39, 0.29) is 12.0 Å². The van der Waals surface area contributed by atoms with Crippen LogP contribution in [0.4, 0.5) is 0 Å². The highest BCUT2D eigenvalue weighted by Gasteiger charge is 2.43. The molecule has 3 unspecified atom stereocenters. The first-order chi connectivity index (χ1) is 8.34. The van der Waals surface area contributed by atoms with Crippen molar-refractivity contribution in [3.05, 3.63) is 0 Å². The minimum absolute atomic E-state index is 0.00361. The lowest BCUT2D eigenvalue weighted by molar-refractivity contribution is -0.148. The molecule has 2 aliphatic carbocycles. The predicted octanol–water partition coefficient (Wildman–Crippen LogP) is 2.11. The van der Waals surface area contributed by atoms with Gasteiger partial charge in [0.1, 0.15) is 6.04 Å². The Morgan fingerprint density at radius 2 is 1.94 bits per heavy atom. The molecule has 0 aromatic carbocycles. The van der Waals surface area contributed by atoms with E-state index in [1.54, 1.807) is 0 Å². The lowest BCUT2D eigenvalue weighted by Crippen LogP contribution is -2.37. The molecule has 0 bridgehead atoms. The summed E-state index contributed by atoms with van der Waals surface area (Å²) in [5.41, 5.74) is 0. The second kappa shape index (κ2) is 4.97. The first-order valence-corrected chi connectivity index (χ1v) is 7.24. The lowest BCUT2D eigenvalue weighted by atomic mass is 9.94. The highest BCUT2D eigenvalue weighted by atomic mass is 16.5. The number of carbonyl (C=O) groups excluding carboxylic acids is 1. The summed E-state index contributed by atoms with van der Waals surface area (Å²) in [6.07, 6.45) is 8.92. The van der Waals surface area contributed by atoms with Gasteiger partial charge in [-0.3, -0.25) is 4.79 Å². The Morgan fingerprint density at radius 1 is 1.12 bits per heavy atom. The standard InChI is InChI=1S/C14H23NO2/c16-14(17-9-10-4-1-2-5-10)13-12-7-3-6-11(12)8-15-13/h10-13,15H,1-9H2. The third-order valence-corrected chi connectivity index (χ3v) is 4.94. The molecular formula is C14H23NO2. The van der Waals surface area contributed by atoms with Crippen LogP contribution in [0.15, 0.2) is 0 Å². The van der Waals surface area contributed by atoms with E-state index in [2.05, 4.69) is 5.32 Å². The highest BCUT2D eigenvalue weighted by molar-refractivity contribution is 5.76. The number of ether oxygens (including phenoxy) is 1. The minimum atomic E-state index is 0.00361. The summed E-state index contributed by atoms with van der Waals surface area (Å²) in [5.74, 6) is 1.95. The van der Waals surface area contributed by atoms with E-state index < -0.39 is 0 Å². The third-order valence-electron chi connectivity index (χ3n) is 4.94. The summed E-state index contributed by atoms with van der Waals surface area (Å²) >= 11 is 0. The molecule has 3 aliphatic rings. The largest absolute Gasteiger partial charge is 0.464 e. The molecule has 0 aromatic heterocycles. The molecule has 3 atom stereocenters. The summed E-state index contributed by atoms with van der Waals surface area (Å²) in [5, 5.41) is 3.36. The molecule has 0 radical (unpaired) electrons. The van der Waals surface area contributed by atoms with Gasteiger partial charge in [0.2, 0.25) is 0 Å². The van der Waals surface area contributed by atoms with Crippen LogP contribution < -0.4 is 5.32 Å². The lowest BCUT2D eigenvalue weighted by Gasteiger charge is -2.18. The van der Waals surface area contributed by atoms with Crippen LogP contribution in [0.25, 0.3) is 0 Å². The zero-order valence-corrected chi connectivity index (χ0v) is 10.5. The summed E-state index contributed by atoms with van der Waals surface area (Å²) in [4.78, 5) is 12.1. The monoisotopic (exact) mass is 237 g/mol. The van der Waals surface area contributed by atoms with Gasteiger partial charge in [-0.1, -0.05) is 19.3 Å². The van der Waals surface area contributed by atoms with Gasteiger partial charge in [-0.25, -0.2) is 0 Å². The second-order valence-corrected chi connectivity index (χ2v) is 6.02. The smallest absolute Gasteiger partial charge is 0.323 e. The molecule has 96 valence electrons. The number of esters is 1. The fourth-order valence-electron chi connectivity index (χ4n) is 3.91. The fourth-order valence-corrected chi connectivity index (χ4v) is 3.91. The van der Waals surface area contributed by atoms with Gasteiger partial charge in [0.15, 0.2) is 0 Å². The molecule has 3 fully saturated rings. The molecule has 0 spiro atoms. The normalized spacial score (nSPS) is 37.3. The molecule has 1 heterocycles. The molecule has 0 amide bonds. The van der Waals surface area contributed by atoms with E-state index in [1.807, 2.05) is 0 Å². The fraction of sp³-hybridized carbons (Fsp3) is 0.929. The van der Waals surface area contributed by atoms with Gasteiger partial charge >= 0.3 is 5.97 Å². The van der Waals surface area contributed by atoms with Crippen LogP contribution in [0.5, 0.6) is 0 Å². The van der Waals surface area contributed by atoms with Crippen LogP contribution in [0, 0.1) is 17.8 Å². The van der Waals surface area contributed by atoms with E-state index in [0.29, 0.717) is 18.4 Å². The Kier molecular flexibility index (Phi) is 3.37. The quantitative estimate of drug-likeness (QED) is 0.764. The van der Waals surface area contributed by atoms with Crippen LogP contribution in [0.1, 0.15) is 44.9 Å². The van der Waals surface area contributed by atoms with E-state index in [0.717, 1.165) is 12.5 Å². The Balaban J connectivity index is 1.48. The number of rotatable bonds is 3. The van der Waals surface area contributed by atoms with Crippen molar-refractivity contribution >= 4 is 5.97 Å². The number of hydrogen-bond donors (Lipinski definition) is 1. The molecule has 0 aromatic rings. The van der Waals surface area contributed by atoms with Gasteiger partial charge in [0, 0.05) is 0 Å². The number of fused-ring (bicyclic) bond motifs is 1. The maximum absolute atomic E-state index is 12.1. The summed E-state index contributed by atoms with van der Waals surface area (Å²) in [6.45, 7) is 1.68. The van der Waals surface area contributed by atoms with Crippen LogP contribution >= 0.6 is 0 Å². The minimum Gasteiger partial charge on any atom is -0.464 e. The van der Waals surface area contributed by atoms with Gasteiger partial charge in [0.05, 0.1) is 6.61 Å². The highest BCUT2D eigenvalue weighted by Crippen LogP contribution is 2.38. The van der Waals surface area contributed by atoms with Gasteiger partial charge in [0.25, 0.3) is 0 Å². The third kappa shape index (κ3) is 2.35. The molecule has 3 nitrogen and oxygen atoms in total. The molecule has 1 N–H and O–H groups in total. The molecule has 3 heteroatoms. The SMILES string of the molecule is O=C(OCC1CCCC1)C1NCC2CCCC21. The van der Waals surface area contributed by atoms with E-state index >= 15 is 0 Å². The Bertz CT molecular complexity index is 286. The zero-order chi connectivity index (χ0) is 11.7. The number of hydrogen-bond acceptors (Lipinski definition) is 3. The van der Waals surface area contributed by atoms with Crippen molar-refractivity contribution in [2.75, 3.05) is 13.2 Å². The second-order valence-electron chi connectivity index (χ2n) is 6.02. The maximum atomic E-state index is 12.1. The predicted molar refractivity (Wildman–Crippen MR) is 65.5 cm³/mol. The van der Waals surface area contributed by atoms with Crippen molar-refractivity contribution in [3.63, 3.8) is 0 Å². The first-order valence-electron chi connectivity index (χ1n) is 7.24. The average molecular weight is 237 g/mol. The van der Waals surface area contributed by atoms with Crippen LogP contribution in [-0.4, -0.2) is 25.2 Å². The van der Waals surface area contributed by atoms with Gasteiger partial charge in [-0.2, -0.15) is 0 Å². The number of carbonyl (C=O) groups is 1. The Hall–Kier alpha value is -0.570. The van der Waals surface area contributed by atoms with Crippen molar-refractivity contribution in [1.82, 2.24) is 5.32 Å². The molecule has 1 saturated heterocycles. The van der Waals surface area contributed by atoms with Gasteiger partial charge < -0.3 is 10.1 Å². The van der Waals surface area contributed by atoms with Crippen molar-refractivity contribution in [1.29, 1.82) is 0 Å². The molecular weight excluding hydrogens is 214 g/mol. The van der Waals surface area contributed by atoms with Crippen LogP contribution in [-0.2, 0) is 9.53 Å². The van der Waals surface area contributed by atoms with Gasteiger partial charge in [-0.15, -0.1) is 0 Å². The Labute approximate surface area is 103 Å². The van der Waals surface area contributed by atoms with Crippen molar-refractivity contribution in [3.8, 4) is 0 Å². The van der Waals surface area contributed by atoms with E-state index in [9.17, 15) is 4.79 Å². The van der Waals surface area contributed by atoms with Crippen molar-refractivity contribution < 1.29 is 9.53 Å². The zero-order valence-electron chi connectivity index (χ0n) is 10.5. The van der Waals surface area contributed by atoms with Crippen molar-refractivity contribution in [2.24, 2.45) is 17.8 Å². The molecule has 3 rings (SSSR count). The van der Waals surface area contributed by atoms with E-state index in [4.69, 9.17) is 4.74 Å². The van der Waals surface area contributed by atoms with Crippen molar-refractivity contribution in [2.45, 2.75) is 51.0 Å². The Morgan fingerprint density at radius 3 is 2.76 bits per heavy atom.